The molecule has 1 saturated heterocycles. The van der Waals surface area contributed by atoms with Crippen LogP contribution in [0.1, 0.15) is 39.7 Å². The number of rotatable bonds is 3. The van der Waals surface area contributed by atoms with Gasteiger partial charge in [0.15, 0.2) is 0 Å². The summed E-state index contributed by atoms with van der Waals surface area (Å²) in [4.78, 5) is 2.52. The van der Waals surface area contributed by atoms with Crippen LogP contribution in [0.3, 0.4) is 0 Å². The Morgan fingerprint density at radius 3 is 2.47 bits per heavy atom. The van der Waals surface area contributed by atoms with Crippen molar-refractivity contribution < 1.29 is 0 Å². The summed E-state index contributed by atoms with van der Waals surface area (Å²) in [5.74, 6) is 0. The molecule has 2 nitrogen and oxygen atoms in total. The monoisotopic (exact) mass is 260 g/mol. The number of hydrogen-bond acceptors (Lipinski definition) is 2. The van der Waals surface area contributed by atoms with Gasteiger partial charge in [-0.15, -0.1) is 0 Å². The maximum Gasteiger partial charge on any atom is 0.0367 e. The Kier molecular flexibility index (Phi) is 4.51. The molecule has 0 saturated carbocycles. The molecule has 1 aliphatic rings. The van der Waals surface area contributed by atoms with Crippen molar-refractivity contribution in [1.82, 2.24) is 5.32 Å². The van der Waals surface area contributed by atoms with Crippen molar-refractivity contribution in [1.29, 1.82) is 0 Å². The van der Waals surface area contributed by atoms with Crippen LogP contribution in [-0.4, -0.2) is 25.7 Å². The average Bonchev–Trinajstić information content (AvgIpc) is 2.39. The van der Waals surface area contributed by atoms with E-state index >= 15 is 0 Å². The second-order valence-electron chi connectivity index (χ2n) is 6.74. The molecule has 2 rings (SSSR count). The van der Waals surface area contributed by atoms with Crippen LogP contribution in [0.15, 0.2) is 24.3 Å². The Labute approximate surface area is 118 Å². The number of nitrogens with zero attached hydrogens (tertiary/aromatic N) is 1. The van der Waals surface area contributed by atoms with Gasteiger partial charge in [0, 0.05) is 31.4 Å². The van der Waals surface area contributed by atoms with Crippen LogP contribution in [0.25, 0.3) is 0 Å². The number of anilines is 1. The molecule has 2 heteroatoms. The summed E-state index contributed by atoms with van der Waals surface area (Å²) in [6, 6.07) is 9.71. The van der Waals surface area contributed by atoms with Gasteiger partial charge in [0.1, 0.15) is 0 Å². The molecule has 0 aliphatic carbocycles. The van der Waals surface area contributed by atoms with E-state index in [1.807, 2.05) is 0 Å². The van der Waals surface area contributed by atoms with Crippen LogP contribution in [0.5, 0.6) is 0 Å². The Hall–Kier alpha value is -1.02. The van der Waals surface area contributed by atoms with E-state index in [-0.39, 0.29) is 0 Å². The van der Waals surface area contributed by atoms with Gasteiger partial charge in [-0.25, -0.2) is 0 Å². The maximum atomic E-state index is 3.65. The molecule has 1 heterocycles. The van der Waals surface area contributed by atoms with Crippen molar-refractivity contribution in [2.75, 3.05) is 24.5 Å². The predicted octanol–water partition coefficient (Wildman–Crippen LogP) is 3.46. The van der Waals surface area contributed by atoms with E-state index in [0.29, 0.717) is 11.5 Å². The molecule has 1 aromatic rings. The van der Waals surface area contributed by atoms with E-state index < -0.39 is 0 Å². The minimum atomic E-state index is 0.320. The summed E-state index contributed by atoms with van der Waals surface area (Å²) < 4.78 is 0. The molecular formula is C17H28N2. The summed E-state index contributed by atoms with van der Waals surface area (Å²) in [6.45, 7) is 12.5. The van der Waals surface area contributed by atoms with Crippen LogP contribution in [0.4, 0.5) is 5.69 Å². The van der Waals surface area contributed by atoms with E-state index in [1.54, 1.807) is 0 Å². The van der Waals surface area contributed by atoms with Crippen LogP contribution in [-0.2, 0) is 6.42 Å². The first-order valence-corrected chi connectivity index (χ1v) is 7.58. The largest absolute Gasteiger partial charge is 0.369 e. The highest BCUT2D eigenvalue weighted by atomic mass is 15.2. The third-order valence-electron chi connectivity index (χ3n) is 4.06. The molecule has 1 fully saturated rings. The fraction of sp³-hybridized carbons (Fsp3) is 0.647. The first kappa shape index (κ1) is 14.4. The SMILES string of the molecule is CCCc1ccc(N2CCNC(C(C)(C)C)C2)cc1. The number of aryl methyl sites for hydroxylation is 1. The Morgan fingerprint density at radius 1 is 1.21 bits per heavy atom. The van der Waals surface area contributed by atoms with Gasteiger partial charge < -0.3 is 10.2 Å². The van der Waals surface area contributed by atoms with Crippen molar-refractivity contribution in [2.24, 2.45) is 5.41 Å². The predicted molar refractivity (Wildman–Crippen MR) is 83.9 cm³/mol. The lowest BCUT2D eigenvalue weighted by molar-refractivity contribution is 0.254. The zero-order valence-electron chi connectivity index (χ0n) is 12.9. The molecule has 0 bridgehead atoms. The third-order valence-corrected chi connectivity index (χ3v) is 4.06. The minimum Gasteiger partial charge on any atom is -0.369 e. The molecule has 106 valence electrons. The summed E-state index contributed by atoms with van der Waals surface area (Å²) in [7, 11) is 0. The van der Waals surface area contributed by atoms with Gasteiger partial charge in [0.25, 0.3) is 0 Å². The second kappa shape index (κ2) is 5.96. The van der Waals surface area contributed by atoms with Gasteiger partial charge in [0.05, 0.1) is 0 Å². The Morgan fingerprint density at radius 2 is 1.89 bits per heavy atom. The topological polar surface area (TPSA) is 15.3 Å². The summed E-state index contributed by atoms with van der Waals surface area (Å²) in [5, 5.41) is 3.65. The number of piperazine rings is 1. The fourth-order valence-electron chi connectivity index (χ4n) is 2.73. The summed E-state index contributed by atoms with van der Waals surface area (Å²) in [5.41, 5.74) is 3.14. The van der Waals surface area contributed by atoms with Crippen LogP contribution < -0.4 is 10.2 Å². The van der Waals surface area contributed by atoms with E-state index in [1.165, 1.54) is 24.1 Å². The van der Waals surface area contributed by atoms with Gasteiger partial charge in [-0.3, -0.25) is 0 Å². The van der Waals surface area contributed by atoms with E-state index in [9.17, 15) is 0 Å². The molecule has 1 atom stereocenters. The van der Waals surface area contributed by atoms with Gasteiger partial charge in [-0.2, -0.15) is 0 Å². The van der Waals surface area contributed by atoms with Crippen molar-refractivity contribution in [2.45, 2.75) is 46.6 Å². The third kappa shape index (κ3) is 3.73. The highest BCUT2D eigenvalue weighted by Gasteiger charge is 2.29. The first-order valence-electron chi connectivity index (χ1n) is 7.58. The fourth-order valence-corrected chi connectivity index (χ4v) is 2.73. The zero-order valence-corrected chi connectivity index (χ0v) is 12.9. The number of hydrogen-bond donors (Lipinski definition) is 1. The first-order chi connectivity index (χ1) is 9.00. The molecule has 0 amide bonds. The van der Waals surface area contributed by atoms with Crippen molar-refractivity contribution >= 4 is 5.69 Å². The number of nitrogens with one attached hydrogen (secondary N) is 1. The molecule has 19 heavy (non-hydrogen) atoms. The molecule has 1 aliphatic heterocycles. The molecule has 0 spiro atoms. The van der Waals surface area contributed by atoms with Crippen molar-refractivity contribution in [3.8, 4) is 0 Å². The normalized spacial score (nSPS) is 20.6. The minimum absolute atomic E-state index is 0.320. The average molecular weight is 260 g/mol. The van der Waals surface area contributed by atoms with Crippen LogP contribution in [0.2, 0.25) is 0 Å². The van der Waals surface area contributed by atoms with Crippen LogP contribution >= 0.6 is 0 Å². The maximum absolute atomic E-state index is 3.65. The molecule has 1 aromatic carbocycles. The standard InChI is InChI=1S/C17H28N2/c1-5-6-14-7-9-15(10-8-14)19-12-11-18-16(13-19)17(2,3)4/h7-10,16,18H,5-6,11-13H2,1-4H3. The zero-order chi connectivity index (χ0) is 13.9. The Balaban J connectivity index is 2.04. The summed E-state index contributed by atoms with van der Waals surface area (Å²) in [6.07, 6.45) is 2.41. The summed E-state index contributed by atoms with van der Waals surface area (Å²) >= 11 is 0. The van der Waals surface area contributed by atoms with E-state index in [0.717, 1.165) is 19.6 Å². The van der Waals surface area contributed by atoms with Gasteiger partial charge in [-0.05, 0) is 29.5 Å². The molecule has 0 radical (unpaired) electrons. The van der Waals surface area contributed by atoms with E-state index in [4.69, 9.17) is 0 Å². The lowest BCUT2D eigenvalue weighted by Crippen LogP contribution is -2.56. The highest BCUT2D eigenvalue weighted by Crippen LogP contribution is 2.25. The quantitative estimate of drug-likeness (QED) is 0.895. The van der Waals surface area contributed by atoms with Gasteiger partial charge in [0.2, 0.25) is 0 Å². The molecule has 1 N–H and O–H groups in total. The Bertz CT molecular complexity index is 389. The van der Waals surface area contributed by atoms with Gasteiger partial charge in [-0.1, -0.05) is 46.2 Å². The molecule has 0 aromatic heterocycles. The lowest BCUT2D eigenvalue weighted by Gasteiger charge is -2.41. The van der Waals surface area contributed by atoms with Crippen molar-refractivity contribution in [3.05, 3.63) is 29.8 Å². The highest BCUT2D eigenvalue weighted by molar-refractivity contribution is 5.48. The van der Waals surface area contributed by atoms with E-state index in [2.05, 4.69) is 62.2 Å². The van der Waals surface area contributed by atoms with Crippen molar-refractivity contribution in [3.63, 3.8) is 0 Å². The van der Waals surface area contributed by atoms with Crippen LogP contribution in [0, 0.1) is 5.41 Å². The smallest absolute Gasteiger partial charge is 0.0367 e. The molecular weight excluding hydrogens is 232 g/mol. The second-order valence-corrected chi connectivity index (χ2v) is 6.74. The number of benzene rings is 1. The van der Waals surface area contributed by atoms with Gasteiger partial charge >= 0.3 is 0 Å². The lowest BCUT2D eigenvalue weighted by atomic mass is 9.85. The molecule has 1 unspecified atom stereocenters.